The Labute approximate surface area is 210 Å². The second-order valence-corrected chi connectivity index (χ2v) is 9.00. The highest BCUT2D eigenvalue weighted by molar-refractivity contribution is 6.02. The van der Waals surface area contributed by atoms with Crippen LogP contribution in [0.25, 0.3) is 11.1 Å². The number of carbonyl (C=O) groups excluding carboxylic acids is 2. The maximum absolute atomic E-state index is 13.3. The van der Waals surface area contributed by atoms with Crippen molar-refractivity contribution in [2.75, 3.05) is 18.7 Å². The van der Waals surface area contributed by atoms with Crippen LogP contribution in [0.3, 0.4) is 0 Å². The Bertz CT molecular complexity index is 1380. The van der Waals surface area contributed by atoms with Crippen molar-refractivity contribution < 1.29 is 31.8 Å². The van der Waals surface area contributed by atoms with Gasteiger partial charge < -0.3 is 25.2 Å². The van der Waals surface area contributed by atoms with Gasteiger partial charge in [-0.15, -0.1) is 0 Å². The summed E-state index contributed by atoms with van der Waals surface area (Å²) < 4.78 is 10.9. The van der Waals surface area contributed by atoms with E-state index in [2.05, 4.69) is 15.6 Å². The smallest absolute Gasteiger partial charge is 0.305 e. The fourth-order valence-electron chi connectivity index (χ4n) is 4.32. The van der Waals surface area contributed by atoms with Crippen molar-refractivity contribution in [3.8, 4) is 22.6 Å². The van der Waals surface area contributed by atoms with Gasteiger partial charge in [-0.05, 0) is 66.8 Å². The molecular formula is C27H29N3O6. The number of carbonyl (C=O) groups is 3. The molecule has 5 rings (SSSR count). The minimum absolute atomic E-state index is 0. The van der Waals surface area contributed by atoms with E-state index in [4.69, 9.17) is 14.6 Å². The summed E-state index contributed by atoms with van der Waals surface area (Å²) in [6.07, 6.45) is 4.42. The third-order valence-corrected chi connectivity index (χ3v) is 6.54. The molecule has 188 valence electrons. The number of hydrogen-bond donors (Lipinski definition) is 3. The largest absolute Gasteiger partial charge is 0.481 e. The number of aromatic nitrogens is 1. The molecule has 0 unspecified atom stereocenters. The number of ether oxygens (including phenoxy) is 2. The Morgan fingerprint density at radius 2 is 1.86 bits per heavy atom. The number of fused-ring (bicyclic) bond motifs is 1. The first-order chi connectivity index (χ1) is 17.4. The van der Waals surface area contributed by atoms with Crippen LogP contribution in [0.1, 0.15) is 43.6 Å². The zero-order valence-corrected chi connectivity index (χ0v) is 19.7. The molecule has 1 saturated carbocycles. The fraction of sp³-hybridized carbons (Fsp3) is 0.259. The molecule has 2 aromatic carbocycles. The Balaban J connectivity index is 0.00000200. The van der Waals surface area contributed by atoms with Crippen molar-refractivity contribution in [1.29, 1.82) is 0 Å². The number of anilines is 1. The van der Waals surface area contributed by atoms with E-state index in [0.717, 1.165) is 29.5 Å². The first kappa shape index (κ1) is 23.3. The van der Waals surface area contributed by atoms with E-state index in [1.165, 1.54) is 6.20 Å². The van der Waals surface area contributed by atoms with Gasteiger partial charge in [-0.2, -0.15) is 0 Å². The molecule has 3 N–H and O–H groups in total. The van der Waals surface area contributed by atoms with Gasteiger partial charge in [-0.3, -0.25) is 19.4 Å². The summed E-state index contributed by atoms with van der Waals surface area (Å²) in [7, 11) is 0. The lowest BCUT2D eigenvalue weighted by Crippen LogP contribution is -2.27. The lowest BCUT2D eigenvalue weighted by Gasteiger charge is -2.17. The van der Waals surface area contributed by atoms with Gasteiger partial charge in [-0.1, -0.05) is 12.1 Å². The first-order valence-electron chi connectivity index (χ1n) is 11.6. The van der Waals surface area contributed by atoms with Gasteiger partial charge in [0.15, 0.2) is 11.5 Å². The van der Waals surface area contributed by atoms with Crippen LogP contribution in [0.5, 0.6) is 11.5 Å². The molecule has 0 radical (unpaired) electrons. The van der Waals surface area contributed by atoms with Gasteiger partial charge in [0.1, 0.15) is 0 Å². The van der Waals surface area contributed by atoms with E-state index in [9.17, 15) is 14.4 Å². The first-order valence-corrected chi connectivity index (χ1v) is 11.6. The number of aryl methyl sites for hydroxylation is 1. The standard InChI is InChI=1S/C27H25N3O6.2H2/c1-16-2-4-20(12-21(16)17-10-18(14-28-13-17)25(33)29-9-6-24(31)32)30-26(34)27(7-8-27)19-3-5-22-23(11-19)36-15-35-22;;/h2-5,10-14H,6-9,15H2,1H3,(H,29,33)(H,30,34)(H,31,32);2*1H. The van der Waals surface area contributed by atoms with E-state index < -0.39 is 17.3 Å². The number of amides is 2. The van der Waals surface area contributed by atoms with Gasteiger partial charge in [0, 0.05) is 33.0 Å². The molecule has 1 aromatic heterocycles. The summed E-state index contributed by atoms with van der Waals surface area (Å²) in [4.78, 5) is 40.6. The maximum Gasteiger partial charge on any atom is 0.305 e. The molecule has 2 heterocycles. The number of carboxylic acid groups (broad SMARTS) is 1. The molecule has 3 aromatic rings. The van der Waals surface area contributed by atoms with Crippen molar-refractivity contribution >= 4 is 23.5 Å². The summed E-state index contributed by atoms with van der Waals surface area (Å²) in [5, 5.41) is 14.4. The molecule has 9 heteroatoms. The average Bonchev–Trinajstić information content (AvgIpc) is 3.55. The monoisotopic (exact) mass is 491 g/mol. The third kappa shape index (κ3) is 4.59. The van der Waals surface area contributed by atoms with Crippen LogP contribution in [0.15, 0.2) is 54.9 Å². The highest BCUT2D eigenvalue weighted by Crippen LogP contribution is 2.51. The summed E-state index contributed by atoms with van der Waals surface area (Å²) >= 11 is 0. The third-order valence-electron chi connectivity index (χ3n) is 6.54. The van der Waals surface area contributed by atoms with Crippen molar-refractivity contribution in [3.05, 3.63) is 71.5 Å². The normalized spacial score (nSPS) is 14.7. The Hall–Kier alpha value is -4.40. The van der Waals surface area contributed by atoms with Crippen LogP contribution in [-0.2, 0) is 15.0 Å². The maximum atomic E-state index is 13.3. The Morgan fingerprint density at radius 1 is 1.06 bits per heavy atom. The number of nitrogens with one attached hydrogen (secondary N) is 2. The molecule has 1 fully saturated rings. The van der Waals surface area contributed by atoms with Crippen LogP contribution >= 0.6 is 0 Å². The topological polar surface area (TPSA) is 127 Å². The Morgan fingerprint density at radius 3 is 2.64 bits per heavy atom. The SMILES string of the molecule is Cc1ccc(NC(=O)C2(c3ccc4c(c3)OCO4)CC2)cc1-c1cncc(C(=O)NCCC(=O)O)c1.[HH].[HH]. The number of aliphatic carboxylic acids is 1. The number of carboxylic acids is 1. The van der Waals surface area contributed by atoms with Gasteiger partial charge in [-0.25, -0.2) is 0 Å². The highest BCUT2D eigenvalue weighted by atomic mass is 16.7. The molecule has 0 spiro atoms. The summed E-state index contributed by atoms with van der Waals surface area (Å²) in [5.74, 6) is -0.121. The van der Waals surface area contributed by atoms with Crippen molar-refractivity contribution in [3.63, 3.8) is 0 Å². The predicted molar refractivity (Wildman–Crippen MR) is 135 cm³/mol. The van der Waals surface area contributed by atoms with Crippen LogP contribution in [0, 0.1) is 6.92 Å². The summed E-state index contributed by atoms with van der Waals surface area (Å²) in [6, 6.07) is 13.0. The predicted octanol–water partition coefficient (Wildman–Crippen LogP) is 4.15. The lowest BCUT2D eigenvalue weighted by atomic mass is 9.94. The van der Waals surface area contributed by atoms with Crippen molar-refractivity contribution in [1.82, 2.24) is 10.3 Å². The molecule has 0 saturated heterocycles. The second-order valence-electron chi connectivity index (χ2n) is 9.00. The van der Waals surface area contributed by atoms with E-state index in [1.54, 1.807) is 12.3 Å². The van der Waals surface area contributed by atoms with Crippen LogP contribution < -0.4 is 20.1 Å². The van der Waals surface area contributed by atoms with Crippen LogP contribution in [0.2, 0.25) is 0 Å². The molecule has 2 aliphatic rings. The second kappa shape index (κ2) is 9.33. The number of hydrogen-bond acceptors (Lipinski definition) is 6. The molecule has 0 atom stereocenters. The van der Waals surface area contributed by atoms with E-state index in [0.29, 0.717) is 28.3 Å². The number of nitrogens with zero attached hydrogens (tertiary/aromatic N) is 1. The van der Waals surface area contributed by atoms with Crippen LogP contribution in [-0.4, -0.2) is 41.2 Å². The van der Waals surface area contributed by atoms with Gasteiger partial charge in [0.05, 0.1) is 17.4 Å². The fourth-order valence-corrected chi connectivity index (χ4v) is 4.32. The number of pyridine rings is 1. The molecule has 9 nitrogen and oxygen atoms in total. The number of benzene rings is 2. The quantitative estimate of drug-likeness (QED) is 0.432. The van der Waals surface area contributed by atoms with Gasteiger partial charge in [0.25, 0.3) is 5.91 Å². The molecule has 36 heavy (non-hydrogen) atoms. The minimum Gasteiger partial charge on any atom is -0.481 e. The van der Waals surface area contributed by atoms with Gasteiger partial charge >= 0.3 is 5.97 Å². The summed E-state index contributed by atoms with van der Waals surface area (Å²) in [6.45, 7) is 2.16. The molecule has 1 aliphatic carbocycles. The average molecular weight is 492 g/mol. The zero-order chi connectivity index (χ0) is 25.3. The summed E-state index contributed by atoms with van der Waals surface area (Å²) in [5.41, 5.74) is 3.77. The molecule has 2 amide bonds. The van der Waals surface area contributed by atoms with E-state index in [1.807, 2.05) is 43.3 Å². The zero-order valence-electron chi connectivity index (χ0n) is 19.7. The van der Waals surface area contributed by atoms with Crippen LogP contribution in [0.4, 0.5) is 5.69 Å². The van der Waals surface area contributed by atoms with E-state index in [-0.39, 0.29) is 28.5 Å². The molecule has 0 bridgehead atoms. The van der Waals surface area contributed by atoms with Gasteiger partial charge in [0.2, 0.25) is 12.7 Å². The van der Waals surface area contributed by atoms with E-state index >= 15 is 0 Å². The Kier molecular flexibility index (Phi) is 6.05. The van der Waals surface area contributed by atoms with Crippen molar-refractivity contribution in [2.24, 2.45) is 0 Å². The number of rotatable bonds is 8. The lowest BCUT2D eigenvalue weighted by molar-refractivity contribution is -0.136. The molecular weight excluding hydrogens is 462 g/mol. The minimum atomic E-state index is -0.983. The highest BCUT2D eigenvalue weighted by Gasteiger charge is 2.51. The molecule has 1 aliphatic heterocycles. The van der Waals surface area contributed by atoms with Crippen molar-refractivity contribution in [2.45, 2.75) is 31.6 Å².